The van der Waals surface area contributed by atoms with Crippen molar-refractivity contribution >= 4 is 21.8 Å². The smallest absolute Gasteiger partial charge is 0.254 e. The van der Waals surface area contributed by atoms with E-state index in [1.807, 2.05) is 13.0 Å². The number of nitrogens with one attached hydrogen (secondary N) is 1. The topological polar surface area (TPSA) is 86.8 Å². The molecule has 0 aliphatic carbocycles. The molecule has 2 heterocycles. The van der Waals surface area contributed by atoms with E-state index in [1.165, 1.54) is 22.6 Å². The van der Waals surface area contributed by atoms with E-state index in [4.69, 9.17) is 0 Å². The van der Waals surface area contributed by atoms with Crippen LogP contribution in [0.5, 0.6) is 0 Å². The summed E-state index contributed by atoms with van der Waals surface area (Å²) in [5, 5.41) is 0. The second kappa shape index (κ2) is 7.20. The van der Waals surface area contributed by atoms with Gasteiger partial charge in [-0.1, -0.05) is 17.7 Å². The van der Waals surface area contributed by atoms with Crippen molar-refractivity contribution in [1.29, 1.82) is 0 Å². The molecule has 2 amide bonds. The third-order valence-corrected chi connectivity index (χ3v) is 6.31. The molecule has 1 aromatic rings. The lowest BCUT2D eigenvalue weighted by atomic mass is 10.1. The maximum absolute atomic E-state index is 12.6. The molecule has 0 radical (unpaired) electrons. The van der Waals surface area contributed by atoms with Crippen LogP contribution in [-0.2, 0) is 14.8 Å². The molecule has 1 aromatic carbocycles. The number of likely N-dealkylation sites (tertiary alicyclic amines) is 1. The average molecular weight is 377 g/mol. The fourth-order valence-electron chi connectivity index (χ4n) is 3.12. The highest BCUT2D eigenvalue weighted by molar-refractivity contribution is 7.89. The van der Waals surface area contributed by atoms with Gasteiger partial charge in [-0.05, 0) is 38.0 Å². The zero-order valence-corrected chi connectivity index (χ0v) is 15.8. The van der Waals surface area contributed by atoms with Gasteiger partial charge in [0.2, 0.25) is 15.9 Å². The zero-order chi connectivity index (χ0) is 18.9. The number of nitrogens with zero attached hydrogens (tertiary/aromatic N) is 2. The number of carbonyl (C=O) groups excluding carboxylic acids is 2. The van der Waals surface area contributed by atoms with Gasteiger partial charge < -0.3 is 9.80 Å². The third-order valence-electron chi connectivity index (χ3n) is 4.84. The number of benzene rings is 1. The van der Waals surface area contributed by atoms with E-state index in [-0.39, 0.29) is 16.7 Å². The van der Waals surface area contributed by atoms with Crippen molar-refractivity contribution in [2.24, 2.45) is 0 Å². The average Bonchev–Trinajstić information content (AvgIpc) is 2.93. The standard InChI is InChI=1S/C18H23N3O4S/c1-13-6-10-21(11-7-13)17(22)14-4-3-5-15(12-14)26(24,25)19-16-8-9-20(2)18(16)23/h3-6,12,16,19H,7-11H2,1-2H3. The molecular formula is C18H23N3O4S. The molecule has 0 bridgehead atoms. The van der Waals surface area contributed by atoms with Crippen molar-refractivity contribution in [3.63, 3.8) is 0 Å². The van der Waals surface area contributed by atoms with Gasteiger partial charge in [-0.3, -0.25) is 9.59 Å². The highest BCUT2D eigenvalue weighted by Crippen LogP contribution is 2.18. The van der Waals surface area contributed by atoms with Crippen LogP contribution in [0.1, 0.15) is 30.1 Å². The molecule has 7 nitrogen and oxygen atoms in total. The van der Waals surface area contributed by atoms with E-state index in [2.05, 4.69) is 4.72 Å². The van der Waals surface area contributed by atoms with Crippen LogP contribution in [0.15, 0.2) is 40.8 Å². The summed E-state index contributed by atoms with van der Waals surface area (Å²) in [5.41, 5.74) is 1.58. The van der Waals surface area contributed by atoms with Gasteiger partial charge >= 0.3 is 0 Å². The largest absolute Gasteiger partial charge is 0.344 e. The second-order valence-electron chi connectivity index (χ2n) is 6.80. The Morgan fingerprint density at radius 2 is 2.04 bits per heavy atom. The number of amides is 2. The van der Waals surface area contributed by atoms with Gasteiger partial charge in [0, 0.05) is 32.2 Å². The Morgan fingerprint density at radius 1 is 1.27 bits per heavy atom. The maximum atomic E-state index is 12.6. The fourth-order valence-corrected chi connectivity index (χ4v) is 4.39. The summed E-state index contributed by atoms with van der Waals surface area (Å²) in [5.74, 6) is -0.432. The number of hydrogen-bond donors (Lipinski definition) is 1. The van der Waals surface area contributed by atoms with Crippen LogP contribution in [-0.4, -0.2) is 62.8 Å². The van der Waals surface area contributed by atoms with Crippen molar-refractivity contribution < 1.29 is 18.0 Å². The minimum atomic E-state index is -3.88. The molecule has 140 valence electrons. The molecule has 0 aromatic heterocycles. The van der Waals surface area contributed by atoms with Gasteiger partial charge in [0.25, 0.3) is 5.91 Å². The molecule has 1 fully saturated rings. The van der Waals surface area contributed by atoms with Crippen molar-refractivity contribution in [3.05, 3.63) is 41.5 Å². The summed E-state index contributed by atoms with van der Waals surface area (Å²) < 4.78 is 27.7. The number of hydrogen-bond acceptors (Lipinski definition) is 4. The maximum Gasteiger partial charge on any atom is 0.254 e. The predicted octanol–water partition coefficient (Wildman–Crippen LogP) is 0.988. The molecule has 2 aliphatic heterocycles. The van der Waals surface area contributed by atoms with Crippen LogP contribution in [0.25, 0.3) is 0 Å². The minimum Gasteiger partial charge on any atom is -0.344 e. The van der Waals surface area contributed by atoms with Crippen molar-refractivity contribution in [1.82, 2.24) is 14.5 Å². The third kappa shape index (κ3) is 3.81. The quantitative estimate of drug-likeness (QED) is 0.793. The highest BCUT2D eigenvalue weighted by atomic mass is 32.2. The second-order valence-corrected chi connectivity index (χ2v) is 8.52. The summed E-state index contributed by atoms with van der Waals surface area (Å²) in [6, 6.07) is 5.22. The summed E-state index contributed by atoms with van der Waals surface area (Å²) in [4.78, 5) is 27.8. The molecule has 1 atom stereocenters. The van der Waals surface area contributed by atoms with Crippen LogP contribution < -0.4 is 4.72 Å². The number of rotatable bonds is 4. The summed E-state index contributed by atoms with van der Waals surface area (Å²) in [7, 11) is -2.23. The molecule has 3 rings (SSSR count). The summed E-state index contributed by atoms with van der Waals surface area (Å²) in [6.45, 7) is 3.71. The Morgan fingerprint density at radius 3 is 2.65 bits per heavy atom. The lowest BCUT2D eigenvalue weighted by Gasteiger charge is -2.25. The Labute approximate surface area is 153 Å². The number of sulfonamides is 1. The predicted molar refractivity (Wildman–Crippen MR) is 97.1 cm³/mol. The molecule has 1 N–H and O–H groups in total. The molecule has 0 spiro atoms. The van der Waals surface area contributed by atoms with E-state index in [0.29, 0.717) is 31.6 Å². The van der Waals surface area contributed by atoms with Gasteiger partial charge in [0.1, 0.15) is 6.04 Å². The Hall–Kier alpha value is -2.19. The van der Waals surface area contributed by atoms with Gasteiger partial charge in [0.15, 0.2) is 0 Å². The molecule has 8 heteroatoms. The first kappa shape index (κ1) is 18.6. The van der Waals surface area contributed by atoms with Gasteiger partial charge in [0.05, 0.1) is 4.90 Å². The van der Waals surface area contributed by atoms with E-state index >= 15 is 0 Å². The molecular weight excluding hydrogens is 354 g/mol. The molecule has 26 heavy (non-hydrogen) atoms. The molecule has 2 aliphatic rings. The Kier molecular flexibility index (Phi) is 5.15. The molecule has 1 unspecified atom stereocenters. The lowest BCUT2D eigenvalue weighted by molar-refractivity contribution is -0.127. The summed E-state index contributed by atoms with van der Waals surface area (Å²) in [6.07, 6.45) is 3.26. The normalized spacial score (nSPS) is 21.1. The van der Waals surface area contributed by atoms with Crippen molar-refractivity contribution in [2.45, 2.75) is 30.7 Å². The highest BCUT2D eigenvalue weighted by Gasteiger charge is 2.33. The Balaban J connectivity index is 1.78. The van der Waals surface area contributed by atoms with Crippen LogP contribution in [0.3, 0.4) is 0 Å². The first-order chi connectivity index (χ1) is 12.3. The number of likely N-dealkylation sites (N-methyl/N-ethyl adjacent to an activating group) is 1. The summed E-state index contributed by atoms with van der Waals surface area (Å²) >= 11 is 0. The van der Waals surface area contributed by atoms with E-state index in [0.717, 1.165) is 6.42 Å². The van der Waals surface area contributed by atoms with Crippen LogP contribution in [0.4, 0.5) is 0 Å². The first-order valence-corrected chi connectivity index (χ1v) is 10.1. The minimum absolute atomic E-state index is 0.00515. The van der Waals surface area contributed by atoms with E-state index < -0.39 is 16.1 Å². The Bertz CT molecular complexity index is 863. The van der Waals surface area contributed by atoms with Crippen LogP contribution in [0.2, 0.25) is 0 Å². The monoisotopic (exact) mass is 377 g/mol. The first-order valence-electron chi connectivity index (χ1n) is 8.60. The van der Waals surface area contributed by atoms with Crippen molar-refractivity contribution in [3.8, 4) is 0 Å². The molecule has 1 saturated heterocycles. The van der Waals surface area contributed by atoms with Crippen LogP contribution >= 0.6 is 0 Å². The van der Waals surface area contributed by atoms with Crippen LogP contribution in [0, 0.1) is 0 Å². The lowest BCUT2D eigenvalue weighted by Crippen LogP contribution is -2.40. The molecule has 0 saturated carbocycles. The van der Waals surface area contributed by atoms with E-state index in [1.54, 1.807) is 24.1 Å². The SMILES string of the molecule is CC1=CCN(C(=O)c2cccc(S(=O)(=O)NC3CCN(C)C3=O)c2)CC1. The van der Waals surface area contributed by atoms with Gasteiger partial charge in [-0.25, -0.2) is 8.42 Å². The van der Waals surface area contributed by atoms with Crippen molar-refractivity contribution in [2.75, 3.05) is 26.7 Å². The van der Waals surface area contributed by atoms with E-state index in [9.17, 15) is 18.0 Å². The van der Waals surface area contributed by atoms with Gasteiger partial charge in [-0.15, -0.1) is 0 Å². The fraction of sp³-hybridized carbons (Fsp3) is 0.444. The zero-order valence-electron chi connectivity index (χ0n) is 14.9. The number of carbonyl (C=O) groups is 2. The van der Waals surface area contributed by atoms with Gasteiger partial charge in [-0.2, -0.15) is 4.72 Å².